The second-order valence-electron chi connectivity index (χ2n) is 5.97. The Morgan fingerprint density at radius 2 is 2.00 bits per heavy atom. The van der Waals surface area contributed by atoms with Crippen LogP contribution in [0, 0.1) is 16.0 Å². The van der Waals surface area contributed by atoms with Crippen molar-refractivity contribution in [3.8, 4) is 0 Å². The summed E-state index contributed by atoms with van der Waals surface area (Å²) in [6.07, 6.45) is 6.56. The summed E-state index contributed by atoms with van der Waals surface area (Å²) in [5, 5.41) is 13.6. The zero-order valence-electron chi connectivity index (χ0n) is 13.2. The second-order valence-corrected chi connectivity index (χ2v) is 5.97. The molecule has 0 aliphatic heterocycles. The van der Waals surface area contributed by atoms with E-state index in [1.165, 1.54) is 6.42 Å². The standard InChI is InChI=1S/C15H20N4O5/c16-14(21)12-6-11(19(23)24)8-18(15(12)22)9-13(20)17-7-10-4-2-1-3-5-10/h6,8,10H,1-5,7,9H2,(H2,16,21)(H,17,20). The monoisotopic (exact) mass is 336 g/mol. The van der Waals surface area contributed by atoms with Crippen molar-refractivity contribution in [3.05, 3.63) is 38.3 Å². The number of amides is 2. The third kappa shape index (κ3) is 4.40. The molecule has 1 heterocycles. The van der Waals surface area contributed by atoms with Crippen molar-refractivity contribution < 1.29 is 14.5 Å². The predicted molar refractivity (Wildman–Crippen MR) is 85.5 cm³/mol. The SMILES string of the molecule is NC(=O)c1cc([N+](=O)[O-])cn(CC(=O)NCC2CCCCC2)c1=O. The molecule has 2 amide bonds. The lowest BCUT2D eigenvalue weighted by Gasteiger charge is -2.21. The Kier molecular flexibility index (Phi) is 5.67. The first kappa shape index (κ1) is 17.6. The first-order valence-electron chi connectivity index (χ1n) is 7.84. The smallest absolute Gasteiger partial charge is 0.286 e. The first-order valence-corrected chi connectivity index (χ1v) is 7.84. The van der Waals surface area contributed by atoms with Crippen molar-refractivity contribution >= 4 is 17.5 Å². The Morgan fingerprint density at radius 3 is 2.58 bits per heavy atom. The maximum absolute atomic E-state index is 12.1. The van der Waals surface area contributed by atoms with Gasteiger partial charge in [-0.05, 0) is 18.8 Å². The van der Waals surface area contributed by atoms with E-state index in [1.54, 1.807) is 0 Å². The van der Waals surface area contributed by atoms with Gasteiger partial charge in [0.2, 0.25) is 5.91 Å². The molecule has 0 spiro atoms. The zero-order chi connectivity index (χ0) is 17.7. The quantitative estimate of drug-likeness (QED) is 0.577. The van der Waals surface area contributed by atoms with Crippen LogP contribution in [-0.2, 0) is 11.3 Å². The summed E-state index contributed by atoms with van der Waals surface area (Å²) in [6, 6.07) is 0.821. The minimum atomic E-state index is -1.07. The fraction of sp³-hybridized carbons (Fsp3) is 0.533. The number of primary amides is 1. The number of rotatable bonds is 6. The summed E-state index contributed by atoms with van der Waals surface area (Å²) >= 11 is 0. The van der Waals surface area contributed by atoms with E-state index < -0.39 is 40.1 Å². The van der Waals surface area contributed by atoms with Gasteiger partial charge >= 0.3 is 0 Å². The van der Waals surface area contributed by atoms with E-state index >= 15 is 0 Å². The van der Waals surface area contributed by atoms with E-state index in [4.69, 9.17) is 5.73 Å². The molecule has 9 nitrogen and oxygen atoms in total. The molecule has 1 aromatic heterocycles. The minimum Gasteiger partial charge on any atom is -0.365 e. The van der Waals surface area contributed by atoms with E-state index in [1.807, 2.05) is 0 Å². The molecule has 0 radical (unpaired) electrons. The lowest BCUT2D eigenvalue weighted by atomic mass is 9.89. The lowest BCUT2D eigenvalue weighted by molar-refractivity contribution is -0.385. The number of pyridine rings is 1. The molecular weight excluding hydrogens is 316 g/mol. The molecule has 1 aliphatic carbocycles. The topological polar surface area (TPSA) is 137 Å². The third-order valence-electron chi connectivity index (χ3n) is 4.17. The number of carbonyl (C=O) groups excluding carboxylic acids is 2. The van der Waals surface area contributed by atoms with E-state index in [0.717, 1.165) is 42.5 Å². The summed E-state index contributed by atoms with van der Waals surface area (Å²) in [4.78, 5) is 45.5. The Bertz CT molecular complexity index is 706. The van der Waals surface area contributed by atoms with E-state index in [9.17, 15) is 24.5 Å². The number of aromatic nitrogens is 1. The molecule has 2 rings (SSSR count). The maximum atomic E-state index is 12.1. The van der Waals surface area contributed by atoms with Gasteiger partial charge in [-0.1, -0.05) is 19.3 Å². The lowest BCUT2D eigenvalue weighted by Crippen LogP contribution is -2.37. The van der Waals surface area contributed by atoms with E-state index in [0.29, 0.717) is 12.5 Å². The van der Waals surface area contributed by atoms with Crippen molar-refractivity contribution in [1.29, 1.82) is 0 Å². The number of nitro groups is 1. The van der Waals surface area contributed by atoms with Gasteiger partial charge in [-0.25, -0.2) is 0 Å². The fourth-order valence-corrected chi connectivity index (χ4v) is 2.87. The molecule has 0 atom stereocenters. The molecule has 0 saturated heterocycles. The van der Waals surface area contributed by atoms with Crippen LogP contribution in [0.5, 0.6) is 0 Å². The highest BCUT2D eigenvalue weighted by Gasteiger charge is 2.19. The minimum absolute atomic E-state index is 0.395. The zero-order valence-corrected chi connectivity index (χ0v) is 13.2. The van der Waals surface area contributed by atoms with Crippen LogP contribution in [0.2, 0.25) is 0 Å². The average Bonchev–Trinajstić information content (AvgIpc) is 2.55. The van der Waals surface area contributed by atoms with Crippen LogP contribution in [0.3, 0.4) is 0 Å². The van der Waals surface area contributed by atoms with Crippen molar-refractivity contribution in [3.63, 3.8) is 0 Å². The Labute approximate surface area is 138 Å². The molecule has 0 bridgehead atoms. The van der Waals surface area contributed by atoms with Gasteiger partial charge in [0.1, 0.15) is 12.1 Å². The van der Waals surface area contributed by atoms with Gasteiger partial charge in [0.25, 0.3) is 17.2 Å². The van der Waals surface area contributed by atoms with Gasteiger partial charge in [-0.2, -0.15) is 0 Å². The molecular formula is C15H20N4O5. The molecule has 9 heteroatoms. The number of nitrogens with zero attached hydrogens (tertiary/aromatic N) is 2. The summed E-state index contributed by atoms with van der Waals surface area (Å²) in [5.74, 6) is -1.08. The van der Waals surface area contributed by atoms with Crippen LogP contribution >= 0.6 is 0 Å². The molecule has 0 aromatic carbocycles. The van der Waals surface area contributed by atoms with Crippen molar-refractivity contribution in [2.75, 3.05) is 6.54 Å². The van der Waals surface area contributed by atoms with Crippen molar-refractivity contribution in [1.82, 2.24) is 9.88 Å². The van der Waals surface area contributed by atoms with Crippen LogP contribution in [0.25, 0.3) is 0 Å². The highest BCUT2D eigenvalue weighted by Crippen LogP contribution is 2.22. The van der Waals surface area contributed by atoms with Gasteiger partial charge in [-0.15, -0.1) is 0 Å². The van der Waals surface area contributed by atoms with Gasteiger partial charge in [-0.3, -0.25) is 29.1 Å². The molecule has 1 fully saturated rings. The molecule has 3 N–H and O–H groups in total. The third-order valence-corrected chi connectivity index (χ3v) is 4.17. The van der Waals surface area contributed by atoms with Gasteiger partial charge in [0.05, 0.1) is 11.1 Å². The largest absolute Gasteiger partial charge is 0.365 e. The number of hydrogen-bond donors (Lipinski definition) is 2. The van der Waals surface area contributed by atoms with Crippen molar-refractivity contribution in [2.45, 2.75) is 38.6 Å². The molecule has 0 unspecified atom stereocenters. The van der Waals surface area contributed by atoms with E-state index in [2.05, 4.69) is 5.32 Å². The number of carbonyl (C=O) groups is 2. The van der Waals surface area contributed by atoms with Crippen LogP contribution in [0.1, 0.15) is 42.5 Å². The normalized spacial score (nSPS) is 15.0. The van der Waals surface area contributed by atoms with Crippen LogP contribution in [0.15, 0.2) is 17.1 Å². The van der Waals surface area contributed by atoms with Crippen LogP contribution in [0.4, 0.5) is 5.69 Å². The summed E-state index contributed by atoms with van der Waals surface area (Å²) in [7, 11) is 0. The van der Waals surface area contributed by atoms with Crippen LogP contribution < -0.4 is 16.6 Å². The van der Waals surface area contributed by atoms with Gasteiger partial charge in [0, 0.05) is 12.6 Å². The molecule has 1 saturated carbocycles. The highest BCUT2D eigenvalue weighted by atomic mass is 16.6. The molecule has 1 aliphatic rings. The number of nitrogens with two attached hydrogens (primary N) is 1. The average molecular weight is 336 g/mol. The Morgan fingerprint density at radius 1 is 1.33 bits per heavy atom. The van der Waals surface area contributed by atoms with E-state index in [-0.39, 0.29) is 0 Å². The molecule has 130 valence electrons. The Hall–Kier alpha value is -2.71. The maximum Gasteiger partial charge on any atom is 0.286 e. The second kappa shape index (κ2) is 7.71. The Balaban J connectivity index is 2.09. The van der Waals surface area contributed by atoms with Crippen molar-refractivity contribution in [2.24, 2.45) is 11.7 Å². The number of nitrogens with one attached hydrogen (secondary N) is 1. The predicted octanol–water partition coefficient (Wildman–Crippen LogP) is 0.552. The highest BCUT2D eigenvalue weighted by molar-refractivity contribution is 5.93. The fourth-order valence-electron chi connectivity index (χ4n) is 2.87. The summed E-state index contributed by atoms with van der Waals surface area (Å²) in [6.45, 7) is 0.124. The van der Waals surface area contributed by atoms with Crippen LogP contribution in [-0.4, -0.2) is 27.8 Å². The summed E-state index contributed by atoms with van der Waals surface area (Å²) < 4.78 is 0.842. The summed E-state index contributed by atoms with van der Waals surface area (Å²) in [5.41, 5.74) is 3.27. The molecule has 1 aromatic rings. The number of hydrogen-bond acceptors (Lipinski definition) is 5. The molecule has 24 heavy (non-hydrogen) atoms. The van der Waals surface area contributed by atoms with Gasteiger partial charge < -0.3 is 11.1 Å². The van der Waals surface area contributed by atoms with Gasteiger partial charge in [0.15, 0.2) is 0 Å². The first-order chi connectivity index (χ1) is 11.4.